The van der Waals surface area contributed by atoms with E-state index in [1.54, 1.807) is 18.2 Å². The molecule has 0 aliphatic carbocycles. The van der Waals surface area contributed by atoms with Crippen LogP contribution in [0.5, 0.6) is 5.75 Å². The molecule has 2 atom stereocenters. The highest BCUT2D eigenvalue weighted by Crippen LogP contribution is 2.44. The number of ether oxygens (including phenoxy) is 1. The molecule has 3 rings (SSSR count). The van der Waals surface area contributed by atoms with Crippen LogP contribution >= 0.6 is 0 Å². The van der Waals surface area contributed by atoms with Crippen LogP contribution < -0.4 is 4.74 Å². The highest BCUT2D eigenvalue weighted by molar-refractivity contribution is 5.83. The number of hydrogen-bond acceptors (Lipinski definition) is 5. The van der Waals surface area contributed by atoms with E-state index in [0.29, 0.717) is 23.8 Å². The van der Waals surface area contributed by atoms with Crippen molar-refractivity contribution in [3.8, 4) is 18.0 Å². The number of aliphatic imine (C=N–C) groups is 1. The first-order chi connectivity index (χ1) is 12.9. The molecule has 0 bridgehead atoms. The van der Waals surface area contributed by atoms with Crippen LogP contribution in [0.15, 0.2) is 23.2 Å². The zero-order chi connectivity index (χ0) is 19.6. The Morgan fingerprint density at radius 3 is 2.78 bits per heavy atom. The van der Waals surface area contributed by atoms with Crippen molar-refractivity contribution < 1.29 is 9.84 Å². The number of aliphatic hydroxyl groups excluding tert-OH is 1. The van der Waals surface area contributed by atoms with Crippen LogP contribution in [-0.2, 0) is 0 Å². The summed E-state index contributed by atoms with van der Waals surface area (Å²) in [5.41, 5.74) is 0.458. The van der Waals surface area contributed by atoms with E-state index in [0.717, 1.165) is 31.5 Å². The molecule has 0 saturated carbocycles. The summed E-state index contributed by atoms with van der Waals surface area (Å²) in [5.74, 6) is 1.23. The number of nitriles is 2. The second-order valence-corrected chi connectivity index (χ2v) is 7.51. The maximum absolute atomic E-state index is 11.1. The average Bonchev–Trinajstić information content (AvgIpc) is 3.03. The number of guanidine groups is 1. The minimum absolute atomic E-state index is 0.434. The number of rotatable bonds is 4. The van der Waals surface area contributed by atoms with Crippen LogP contribution in [0.1, 0.15) is 50.8 Å². The van der Waals surface area contributed by atoms with Crippen LogP contribution in [0.4, 0.5) is 0 Å². The van der Waals surface area contributed by atoms with Gasteiger partial charge in [-0.15, -0.1) is 4.99 Å². The van der Waals surface area contributed by atoms with Gasteiger partial charge in [-0.1, -0.05) is 13.3 Å². The van der Waals surface area contributed by atoms with Crippen molar-refractivity contribution in [1.29, 1.82) is 10.5 Å². The molecule has 142 valence electrons. The molecular formula is C20H25N5O2. The summed E-state index contributed by atoms with van der Waals surface area (Å²) in [7, 11) is 0. The molecule has 1 aromatic rings. The number of hydrogen-bond donors (Lipinski definition) is 1. The van der Waals surface area contributed by atoms with Gasteiger partial charge in [0.25, 0.3) is 0 Å². The van der Waals surface area contributed by atoms with Gasteiger partial charge in [0.2, 0.25) is 12.2 Å². The normalized spacial score (nSPS) is 24.9. The van der Waals surface area contributed by atoms with E-state index in [2.05, 4.69) is 22.9 Å². The average molecular weight is 367 g/mol. The molecule has 0 unspecified atom stereocenters. The van der Waals surface area contributed by atoms with Gasteiger partial charge in [-0.2, -0.15) is 10.5 Å². The van der Waals surface area contributed by atoms with Crippen LogP contribution in [0.25, 0.3) is 0 Å². The number of nitrogens with zero attached hydrogens (tertiary/aromatic N) is 5. The lowest BCUT2D eigenvalue weighted by Gasteiger charge is -2.45. The molecule has 1 saturated heterocycles. The maximum Gasteiger partial charge on any atom is 0.213 e. The van der Waals surface area contributed by atoms with Crippen molar-refractivity contribution >= 4 is 5.96 Å². The molecule has 2 heterocycles. The Kier molecular flexibility index (Phi) is 5.25. The van der Waals surface area contributed by atoms with Crippen molar-refractivity contribution in [3.05, 3.63) is 29.3 Å². The minimum atomic E-state index is -0.839. The summed E-state index contributed by atoms with van der Waals surface area (Å²) in [4.78, 5) is 8.14. The fourth-order valence-electron chi connectivity index (χ4n) is 3.79. The van der Waals surface area contributed by atoms with Gasteiger partial charge in [0.1, 0.15) is 17.5 Å². The second-order valence-electron chi connectivity index (χ2n) is 7.51. The lowest BCUT2D eigenvalue weighted by molar-refractivity contribution is -0.0801. The first kappa shape index (κ1) is 19.0. The molecule has 1 fully saturated rings. The Morgan fingerprint density at radius 2 is 2.11 bits per heavy atom. The first-order valence-electron chi connectivity index (χ1n) is 9.32. The summed E-state index contributed by atoms with van der Waals surface area (Å²) in [6, 6.07) is 6.97. The van der Waals surface area contributed by atoms with Crippen LogP contribution in [-0.4, -0.2) is 52.2 Å². The van der Waals surface area contributed by atoms with Crippen LogP contribution in [0.3, 0.4) is 0 Å². The van der Waals surface area contributed by atoms with Crippen molar-refractivity contribution in [3.63, 3.8) is 0 Å². The molecule has 0 spiro atoms. The van der Waals surface area contributed by atoms with E-state index >= 15 is 0 Å². The Hall–Kier alpha value is -2.77. The maximum atomic E-state index is 11.1. The Labute approximate surface area is 160 Å². The molecule has 2 aliphatic rings. The van der Waals surface area contributed by atoms with E-state index in [1.807, 2.05) is 24.9 Å². The lowest BCUT2D eigenvalue weighted by atomic mass is 9.85. The molecule has 0 radical (unpaired) electrons. The summed E-state index contributed by atoms with van der Waals surface area (Å²) >= 11 is 0. The van der Waals surface area contributed by atoms with Gasteiger partial charge in [-0.05, 0) is 38.5 Å². The van der Waals surface area contributed by atoms with Crippen molar-refractivity contribution in [2.75, 3.05) is 19.6 Å². The summed E-state index contributed by atoms with van der Waals surface area (Å²) in [6.45, 7) is 8.03. The molecule has 1 aromatic carbocycles. The number of unbranched alkanes of at least 4 members (excludes halogenated alkanes) is 1. The monoisotopic (exact) mass is 367 g/mol. The number of fused-ring (bicyclic) bond motifs is 1. The van der Waals surface area contributed by atoms with Crippen molar-refractivity contribution in [1.82, 2.24) is 9.80 Å². The topological polar surface area (TPSA) is 95.9 Å². The van der Waals surface area contributed by atoms with Gasteiger partial charge in [0, 0.05) is 25.2 Å². The second kappa shape index (κ2) is 7.46. The van der Waals surface area contributed by atoms with Gasteiger partial charge in [-0.3, -0.25) is 0 Å². The SMILES string of the molecule is CCCCN1CCN([C@H]2c3cc(C#N)ccc3OC(C)(C)[C@@H]2O)/C1=N/C#N. The first-order valence-corrected chi connectivity index (χ1v) is 9.32. The zero-order valence-electron chi connectivity index (χ0n) is 16.0. The van der Waals surface area contributed by atoms with Gasteiger partial charge < -0.3 is 19.6 Å². The largest absolute Gasteiger partial charge is 0.485 e. The minimum Gasteiger partial charge on any atom is -0.485 e. The summed E-state index contributed by atoms with van der Waals surface area (Å²) < 4.78 is 6.00. The smallest absolute Gasteiger partial charge is 0.213 e. The molecule has 2 aliphatic heterocycles. The van der Waals surface area contributed by atoms with Crippen LogP contribution in [0.2, 0.25) is 0 Å². The molecular weight excluding hydrogens is 342 g/mol. The van der Waals surface area contributed by atoms with Gasteiger partial charge >= 0.3 is 0 Å². The Morgan fingerprint density at radius 1 is 1.33 bits per heavy atom. The number of aliphatic hydroxyl groups is 1. The van der Waals surface area contributed by atoms with E-state index in [9.17, 15) is 15.6 Å². The van der Waals surface area contributed by atoms with E-state index in [4.69, 9.17) is 4.74 Å². The van der Waals surface area contributed by atoms with Crippen molar-refractivity contribution in [2.24, 2.45) is 4.99 Å². The molecule has 1 N–H and O–H groups in total. The molecule has 7 heteroatoms. The quantitative estimate of drug-likeness (QED) is 0.821. The third kappa shape index (κ3) is 3.43. The molecule has 7 nitrogen and oxygen atoms in total. The van der Waals surface area contributed by atoms with Gasteiger partial charge in [-0.25, -0.2) is 0 Å². The summed E-state index contributed by atoms with van der Waals surface area (Å²) in [6.07, 6.45) is 3.13. The van der Waals surface area contributed by atoms with Crippen molar-refractivity contribution in [2.45, 2.75) is 51.4 Å². The summed E-state index contributed by atoms with van der Waals surface area (Å²) in [5, 5.41) is 29.6. The Balaban J connectivity index is 2.05. The predicted octanol–water partition coefficient (Wildman–Crippen LogP) is 2.39. The van der Waals surface area contributed by atoms with Gasteiger partial charge in [0.05, 0.1) is 17.7 Å². The molecule has 27 heavy (non-hydrogen) atoms. The predicted molar refractivity (Wildman–Crippen MR) is 101 cm³/mol. The highest BCUT2D eigenvalue weighted by atomic mass is 16.5. The third-order valence-corrected chi connectivity index (χ3v) is 5.26. The Bertz CT molecular complexity index is 821. The van der Waals surface area contributed by atoms with Gasteiger partial charge in [0.15, 0.2) is 0 Å². The standard InChI is InChI=1S/C20H25N5O2/c1-4-5-8-24-9-10-25(19(24)23-13-22)17-15-11-14(12-21)6-7-16(15)27-20(2,3)18(17)26/h6-7,11,17-18,26H,4-5,8-10H2,1-3H3/b23-19+/t17-,18+/m0/s1. The number of benzene rings is 1. The van der Waals surface area contributed by atoms with E-state index in [1.165, 1.54) is 0 Å². The molecule has 0 amide bonds. The third-order valence-electron chi connectivity index (χ3n) is 5.26. The van der Waals surface area contributed by atoms with E-state index < -0.39 is 17.7 Å². The van der Waals surface area contributed by atoms with Crippen LogP contribution in [0, 0.1) is 22.8 Å². The fourth-order valence-corrected chi connectivity index (χ4v) is 3.79. The molecule has 0 aromatic heterocycles. The highest BCUT2D eigenvalue weighted by Gasteiger charge is 2.48. The van der Waals surface area contributed by atoms with E-state index in [-0.39, 0.29) is 0 Å². The zero-order valence-corrected chi connectivity index (χ0v) is 16.0. The fraction of sp³-hybridized carbons (Fsp3) is 0.550. The lowest BCUT2D eigenvalue weighted by Crippen LogP contribution is -2.54.